The van der Waals surface area contributed by atoms with Gasteiger partial charge in [0.25, 0.3) is 0 Å². The monoisotopic (exact) mass is 607 g/mol. The van der Waals surface area contributed by atoms with Crippen LogP contribution in [0.5, 0.6) is 0 Å². The molecule has 45 heavy (non-hydrogen) atoms. The number of nitrogens with one attached hydrogen (secondary N) is 4. The molecule has 0 spiro atoms. The highest BCUT2D eigenvalue weighted by Crippen LogP contribution is 2.29. The van der Waals surface area contributed by atoms with Crippen molar-refractivity contribution in [2.75, 3.05) is 42.9 Å². The van der Waals surface area contributed by atoms with Crippen LogP contribution in [0.25, 0.3) is 22.5 Å². The van der Waals surface area contributed by atoms with E-state index in [1.807, 2.05) is 24.3 Å². The first-order chi connectivity index (χ1) is 22.1. The lowest BCUT2D eigenvalue weighted by Gasteiger charge is -2.29. The number of amides is 2. The van der Waals surface area contributed by atoms with Crippen LogP contribution in [-0.4, -0.2) is 71.2 Å². The third-order valence-corrected chi connectivity index (χ3v) is 9.02. The summed E-state index contributed by atoms with van der Waals surface area (Å²) in [5.41, 5.74) is 11.7. The zero-order chi connectivity index (χ0) is 31.0. The number of carbonyl (C=O) groups is 2. The molecule has 6 rings (SSSR count). The minimum absolute atomic E-state index is 0.0701. The van der Waals surface area contributed by atoms with Crippen LogP contribution in [-0.2, 0) is 16.0 Å². The molecule has 1 saturated heterocycles. The van der Waals surface area contributed by atoms with E-state index in [9.17, 15) is 9.59 Å². The Bertz CT molecular complexity index is 1530. The summed E-state index contributed by atoms with van der Waals surface area (Å²) in [7, 11) is 0. The maximum absolute atomic E-state index is 13.6. The number of hydrogen-bond acceptors (Lipinski definition) is 8. The molecule has 4 aromatic rings. The number of rotatable bonds is 10. The van der Waals surface area contributed by atoms with E-state index in [0.29, 0.717) is 30.4 Å². The van der Waals surface area contributed by atoms with Crippen LogP contribution in [0.1, 0.15) is 31.2 Å². The van der Waals surface area contributed by atoms with Crippen LogP contribution in [0, 0.1) is 11.8 Å². The Labute approximate surface area is 263 Å². The fourth-order valence-electron chi connectivity index (χ4n) is 6.23. The Morgan fingerprint density at radius 1 is 0.867 bits per heavy atom. The standard InChI is InChI=1S/C34H41N9O2/c35-22-24-3-7-28(8-4-24)33(44)38-31(34(45)37-29-13-9-27(10-14-29)32-39-41-42-40-32)21-23-1-5-25(6-2-23)26-11-15-30(16-12-26)43-19-17-36-18-20-43/h1-2,5-6,9-16,24,28,31,36H,3-4,7-8,17-22,35H2,(H,37,45)(H,38,44)(H,39,40,41,42). The number of H-pyrrole nitrogens is 1. The normalized spacial score (nSPS) is 19.1. The van der Waals surface area contributed by atoms with Crippen molar-refractivity contribution in [2.24, 2.45) is 17.6 Å². The number of tetrazole rings is 1. The van der Waals surface area contributed by atoms with Crippen LogP contribution in [0.3, 0.4) is 0 Å². The highest BCUT2D eigenvalue weighted by Gasteiger charge is 2.29. The first-order valence-electron chi connectivity index (χ1n) is 15.9. The number of aromatic amines is 1. The average molecular weight is 608 g/mol. The third kappa shape index (κ3) is 7.73. The predicted octanol–water partition coefficient (Wildman–Crippen LogP) is 3.37. The first-order valence-corrected chi connectivity index (χ1v) is 15.9. The van der Waals surface area contributed by atoms with E-state index in [1.54, 1.807) is 12.1 Å². The maximum atomic E-state index is 13.6. The van der Waals surface area contributed by atoms with E-state index in [4.69, 9.17) is 5.73 Å². The number of anilines is 2. The average Bonchev–Trinajstić information content (AvgIpc) is 3.64. The third-order valence-electron chi connectivity index (χ3n) is 9.02. The molecule has 1 aromatic heterocycles. The molecule has 1 aliphatic carbocycles. The SMILES string of the molecule is NCC1CCC(C(=O)NC(Cc2ccc(-c3ccc(N4CCNCC4)cc3)cc2)C(=O)Nc2ccc(-c3nn[nH]n3)cc2)CC1. The number of aromatic nitrogens is 4. The smallest absolute Gasteiger partial charge is 0.247 e. The fourth-order valence-corrected chi connectivity index (χ4v) is 6.23. The summed E-state index contributed by atoms with van der Waals surface area (Å²) in [6, 6.07) is 23.4. The molecular formula is C34H41N9O2. The molecule has 2 fully saturated rings. The molecular weight excluding hydrogens is 566 g/mol. The molecule has 1 atom stereocenters. The molecule has 6 N–H and O–H groups in total. The van der Waals surface area contributed by atoms with Gasteiger partial charge in [0.05, 0.1) is 0 Å². The molecule has 2 aliphatic rings. The van der Waals surface area contributed by atoms with Crippen molar-refractivity contribution in [1.29, 1.82) is 0 Å². The highest BCUT2D eigenvalue weighted by molar-refractivity contribution is 5.97. The highest BCUT2D eigenvalue weighted by atomic mass is 16.2. The Morgan fingerprint density at radius 2 is 1.51 bits per heavy atom. The van der Waals surface area contributed by atoms with Gasteiger partial charge < -0.3 is 26.6 Å². The lowest BCUT2D eigenvalue weighted by Crippen LogP contribution is -2.48. The second-order valence-corrected chi connectivity index (χ2v) is 12.0. The zero-order valence-electron chi connectivity index (χ0n) is 25.4. The Kier molecular flexibility index (Phi) is 9.77. The first kappa shape index (κ1) is 30.4. The topological polar surface area (TPSA) is 154 Å². The van der Waals surface area contributed by atoms with Gasteiger partial charge >= 0.3 is 0 Å². The quantitative estimate of drug-likeness (QED) is 0.184. The molecule has 1 saturated carbocycles. The summed E-state index contributed by atoms with van der Waals surface area (Å²) in [5.74, 6) is 0.503. The van der Waals surface area contributed by atoms with Gasteiger partial charge in [0.1, 0.15) is 6.04 Å². The number of hydrogen-bond donors (Lipinski definition) is 5. The van der Waals surface area contributed by atoms with Crippen LogP contribution < -0.4 is 26.6 Å². The molecule has 11 nitrogen and oxygen atoms in total. The summed E-state index contributed by atoms with van der Waals surface area (Å²) < 4.78 is 0. The molecule has 1 aliphatic heterocycles. The summed E-state index contributed by atoms with van der Waals surface area (Å²) in [6.45, 7) is 4.69. The second-order valence-electron chi connectivity index (χ2n) is 12.0. The van der Waals surface area contributed by atoms with E-state index in [-0.39, 0.29) is 17.7 Å². The molecule has 11 heteroatoms. The van der Waals surface area contributed by atoms with E-state index in [0.717, 1.165) is 74.1 Å². The molecule has 3 aromatic carbocycles. The minimum atomic E-state index is -0.731. The van der Waals surface area contributed by atoms with Gasteiger partial charge in [-0.2, -0.15) is 5.21 Å². The van der Waals surface area contributed by atoms with Crippen molar-refractivity contribution in [1.82, 2.24) is 31.3 Å². The molecule has 2 heterocycles. The molecule has 0 radical (unpaired) electrons. The second kappa shape index (κ2) is 14.4. The fraction of sp³-hybridized carbons (Fsp3) is 0.382. The number of carbonyl (C=O) groups excluding carboxylic acids is 2. The van der Waals surface area contributed by atoms with Gasteiger partial charge in [-0.3, -0.25) is 9.59 Å². The van der Waals surface area contributed by atoms with Crippen LogP contribution in [0.15, 0.2) is 72.8 Å². The summed E-state index contributed by atoms with van der Waals surface area (Å²) in [5, 5.41) is 23.5. The Hall–Kier alpha value is -4.61. The predicted molar refractivity (Wildman–Crippen MR) is 175 cm³/mol. The number of nitrogens with zero attached hydrogens (tertiary/aromatic N) is 4. The van der Waals surface area contributed by atoms with Gasteiger partial charge in [-0.1, -0.05) is 36.4 Å². The summed E-state index contributed by atoms with van der Waals surface area (Å²) >= 11 is 0. The van der Waals surface area contributed by atoms with E-state index >= 15 is 0 Å². The van der Waals surface area contributed by atoms with Gasteiger partial charge in [-0.05, 0) is 96.4 Å². The van der Waals surface area contributed by atoms with Crippen molar-refractivity contribution in [3.05, 3.63) is 78.4 Å². The molecule has 234 valence electrons. The minimum Gasteiger partial charge on any atom is -0.369 e. The van der Waals surface area contributed by atoms with Crippen LogP contribution >= 0.6 is 0 Å². The van der Waals surface area contributed by atoms with Crippen molar-refractivity contribution in [3.63, 3.8) is 0 Å². The van der Waals surface area contributed by atoms with Crippen LogP contribution in [0.4, 0.5) is 11.4 Å². The lowest BCUT2D eigenvalue weighted by atomic mass is 9.81. The summed E-state index contributed by atoms with van der Waals surface area (Å²) in [6.07, 6.45) is 3.84. The van der Waals surface area contributed by atoms with Gasteiger partial charge in [0, 0.05) is 55.5 Å². The van der Waals surface area contributed by atoms with Gasteiger partial charge in [-0.25, -0.2) is 0 Å². The van der Waals surface area contributed by atoms with Gasteiger partial charge in [0.2, 0.25) is 17.6 Å². The van der Waals surface area contributed by atoms with Crippen molar-refractivity contribution in [3.8, 4) is 22.5 Å². The van der Waals surface area contributed by atoms with Gasteiger partial charge in [0.15, 0.2) is 0 Å². The number of benzene rings is 3. The van der Waals surface area contributed by atoms with Crippen molar-refractivity contribution < 1.29 is 9.59 Å². The zero-order valence-corrected chi connectivity index (χ0v) is 25.4. The summed E-state index contributed by atoms with van der Waals surface area (Å²) in [4.78, 5) is 29.4. The van der Waals surface area contributed by atoms with Crippen molar-refractivity contribution >= 4 is 23.2 Å². The van der Waals surface area contributed by atoms with Crippen molar-refractivity contribution in [2.45, 2.75) is 38.1 Å². The Balaban J connectivity index is 1.14. The lowest BCUT2D eigenvalue weighted by molar-refractivity contribution is -0.130. The van der Waals surface area contributed by atoms with E-state index in [1.165, 1.54) is 5.69 Å². The van der Waals surface area contributed by atoms with Gasteiger partial charge in [-0.15, -0.1) is 10.2 Å². The number of piperazine rings is 1. The van der Waals surface area contributed by atoms with Crippen LogP contribution in [0.2, 0.25) is 0 Å². The van der Waals surface area contributed by atoms with E-state index in [2.05, 4.69) is 77.9 Å². The van der Waals surface area contributed by atoms with E-state index < -0.39 is 6.04 Å². The maximum Gasteiger partial charge on any atom is 0.247 e. The Morgan fingerprint density at radius 3 is 2.13 bits per heavy atom. The largest absolute Gasteiger partial charge is 0.369 e. The molecule has 1 unspecified atom stereocenters. The number of nitrogens with two attached hydrogens (primary N) is 1. The molecule has 0 bridgehead atoms. The molecule has 2 amide bonds.